The molecule has 0 spiro atoms. The van der Waals surface area contributed by atoms with E-state index in [4.69, 9.17) is 9.47 Å². The molecule has 1 heterocycles. The van der Waals surface area contributed by atoms with E-state index in [-0.39, 0.29) is 17.2 Å². The number of nitrogens with zero attached hydrogens (tertiary/aromatic N) is 3. The van der Waals surface area contributed by atoms with Crippen LogP contribution in [0.1, 0.15) is 40.1 Å². The summed E-state index contributed by atoms with van der Waals surface area (Å²) in [5.41, 5.74) is 0.0458. The van der Waals surface area contributed by atoms with E-state index in [1.807, 2.05) is 18.7 Å². The van der Waals surface area contributed by atoms with Gasteiger partial charge in [-0.2, -0.15) is 0 Å². The summed E-state index contributed by atoms with van der Waals surface area (Å²) >= 11 is 0. The minimum Gasteiger partial charge on any atom is -0.545 e. The number of amides is 1. The number of morpholine rings is 1. The molecule has 0 bridgehead atoms. The van der Waals surface area contributed by atoms with Crippen molar-refractivity contribution < 1.29 is 38.4 Å². The zero-order valence-corrected chi connectivity index (χ0v) is 20.3. The second kappa shape index (κ2) is 11.7. The molecule has 1 amide bonds. The van der Waals surface area contributed by atoms with E-state index in [1.165, 1.54) is 0 Å². The summed E-state index contributed by atoms with van der Waals surface area (Å²) in [4.78, 5) is 48.8. The van der Waals surface area contributed by atoms with Crippen molar-refractivity contribution in [2.75, 3.05) is 45.9 Å². The molecule has 0 saturated carbocycles. The third-order valence-corrected chi connectivity index (χ3v) is 6.31. The van der Waals surface area contributed by atoms with Crippen LogP contribution >= 0.6 is 0 Å². The average Bonchev–Trinajstić information content (AvgIpc) is 2.85. The van der Waals surface area contributed by atoms with E-state index >= 15 is 0 Å². The van der Waals surface area contributed by atoms with Gasteiger partial charge in [0.2, 0.25) is 0 Å². The van der Waals surface area contributed by atoms with Crippen LogP contribution < -0.4 is 9.84 Å². The summed E-state index contributed by atoms with van der Waals surface area (Å²) in [5.74, 6) is -2.77. The van der Waals surface area contributed by atoms with Gasteiger partial charge in [-0.05, 0) is 32.0 Å². The van der Waals surface area contributed by atoms with Gasteiger partial charge in [0.15, 0.2) is 6.54 Å². The molecule has 1 aliphatic rings. The molecule has 2 aromatic rings. The lowest BCUT2D eigenvalue weighted by Crippen LogP contribution is -2.58. The van der Waals surface area contributed by atoms with Crippen LogP contribution in [0, 0.1) is 10.1 Å². The molecule has 0 atom stereocenters. The Hall–Kier alpha value is -3.83. The Morgan fingerprint density at radius 2 is 1.69 bits per heavy atom. The normalized spacial score (nSPS) is 14.6. The number of hydrogen-bond donors (Lipinski definition) is 0. The Kier molecular flexibility index (Phi) is 8.73. The first-order valence-electron chi connectivity index (χ1n) is 11.7. The maximum absolute atomic E-state index is 12.8. The lowest BCUT2D eigenvalue weighted by molar-refractivity contribution is -0.940. The molecule has 0 radical (unpaired) electrons. The zero-order chi connectivity index (χ0) is 26.3. The SMILES string of the molecule is CCN(CC)C(=O)C[N+]1(Cc2ccc(C(=O)Oc3ccc([N+](=O)[O-])cc3C(=O)[O-])cc2)CCOCC1. The number of carbonyl (C=O) groups is 3. The largest absolute Gasteiger partial charge is 0.545 e. The number of ether oxygens (including phenoxy) is 2. The summed E-state index contributed by atoms with van der Waals surface area (Å²) in [6, 6.07) is 9.53. The lowest BCUT2D eigenvalue weighted by atomic mass is 10.1. The highest BCUT2D eigenvalue weighted by molar-refractivity contribution is 5.95. The van der Waals surface area contributed by atoms with E-state index in [0.717, 1.165) is 23.8 Å². The highest BCUT2D eigenvalue weighted by atomic mass is 16.6. The Morgan fingerprint density at radius 3 is 2.25 bits per heavy atom. The lowest BCUT2D eigenvalue weighted by Gasteiger charge is -2.41. The van der Waals surface area contributed by atoms with Crippen molar-refractivity contribution in [3.63, 3.8) is 0 Å². The minimum absolute atomic E-state index is 0.0916. The number of carboxylic acids is 1. The van der Waals surface area contributed by atoms with Crippen molar-refractivity contribution in [2.24, 2.45) is 0 Å². The molecule has 36 heavy (non-hydrogen) atoms. The first kappa shape index (κ1) is 26.8. The quantitative estimate of drug-likeness (QED) is 0.157. The maximum atomic E-state index is 12.8. The number of carbonyl (C=O) groups excluding carboxylic acids is 3. The summed E-state index contributed by atoms with van der Waals surface area (Å²) in [6.07, 6.45) is 0. The van der Waals surface area contributed by atoms with E-state index in [9.17, 15) is 29.6 Å². The maximum Gasteiger partial charge on any atom is 0.343 e. The topological polar surface area (TPSA) is 139 Å². The highest BCUT2D eigenvalue weighted by Gasteiger charge is 2.34. The number of non-ortho nitro benzene ring substituents is 1. The molecule has 0 aromatic heterocycles. The van der Waals surface area contributed by atoms with Gasteiger partial charge < -0.3 is 28.8 Å². The van der Waals surface area contributed by atoms with Gasteiger partial charge in [0.05, 0.1) is 29.7 Å². The predicted molar refractivity (Wildman–Crippen MR) is 126 cm³/mol. The summed E-state index contributed by atoms with van der Waals surface area (Å²) < 4.78 is 11.3. The van der Waals surface area contributed by atoms with Crippen molar-refractivity contribution >= 4 is 23.5 Å². The van der Waals surface area contributed by atoms with Crippen LogP contribution in [-0.4, -0.2) is 78.1 Å². The number of rotatable bonds is 10. The van der Waals surface area contributed by atoms with Crippen molar-refractivity contribution in [3.8, 4) is 5.75 Å². The zero-order valence-electron chi connectivity index (χ0n) is 20.3. The molecule has 1 saturated heterocycles. The molecule has 11 nitrogen and oxygen atoms in total. The van der Waals surface area contributed by atoms with Gasteiger partial charge in [0.25, 0.3) is 11.6 Å². The number of benzene rings is 2. The van der Waals surface area contributed by atoms with E-state index in [2.05, 4.69) is 0 Å². The van der Waals surface area contributed by atoms with Gasteiger partial charge in [-0.15, -0.1) is 0 Å². The Morgan fingerprint density at radius 1 is 1.06 bits per heavy atom. The number of carboxylic acid groups (broad SMARTS) is 1. The van der Waals surface area contributed by atoms with E-state index in [1.54, 1.807) is 24.3 Å². The van der Waals surface area contributed by atoms with Crippen LogP contribution in [0.3, 0.4) is 0 Å². The van der Waals surface area contributed by atoms with Crippen LogP contribution in [0.25, 0.3) is 0 Å². The number of hydrogen-bond acceptors (Lipinski definition) is 8. The fourth-order valence-electron chi connectivity index (χ4n) is 4.24. The second-order valence-corrected chi connectivity index (χ2v) is 8.59. The third kappa shape index (κ3) is 6.43. The molecule has 0 aliphatic carbocycles. The van der Waals surface area contributed by atoms with Crippen molar-refractivity contribution in [1.82, 2.24) is 4.90 Å². The van der Waals surface area contributed by atoms with Gasteiger partial charge in [0, 0.05) is 36.3 Å². The molecule has 0 unspecified atom stereocenters. The summed E-state index contributed by atoms with van der Waals surface area (Å²) in [6.45, 7) is 8.67. The monoisotopic (exact) mass is 499 g/mol. The first-order chi connectivity index (χ1) is 17.2. The van der Waals surface area contributed by atoms with Crippen LogP contribution in [0.4, 0.5) is 5.69 Å². The molecule has 1 fully saturated rings. The summed E-state index contributed by atoms with van der Waals surface area (Å²) in [7, 11) is 0. The Bertz CT molecular complexity index is 1120. The van der Waals surface area contributed by atoms with Crippen molar-refractivity contribution in [1.29, 1.82) is 0 Å². The third-order valence-electron chi connectivity index (χ3n) is 6.31. The number of nitro benzene ring substituents is 1. The molecule has 192 valence electrons. The van der Waals surface area contributed by atoms with Gasteiger partial charge in [-0.25, -0.2) is 4.79 Å². The second-order valence-electron chi connectivity index (χ2n) is 8.59. The van der Waals surface area contributed by atoms with Crippen LogP contribution in [0.15, 0.2) is 42.5 Å². The molecule has 11 heteroatoms. The standard InChI is InChI=1S/C25H29N3O8/c1-3-26(4-2)23(29)17-28(11-13-35-14-12-28)16-18-5-7-19(8-6-18)25(32)36-22-10-9-20(27(33)34)15-21(22)24(30)31/h5-10,15H,3-4,11-14,16-17H2,1-2H3. The number of esters is 1. The van der Waals surface area contributed by atoms with Gasteiger partial charge in [-0.1, -0.05) is 12.1 Å². The molecule has 0 N–H and O–H groups in total. The fraction of sp³-hybridized carbons (Fsp3) is 0.400. The van der Waals surface area contributed by atoms with Crippen LogP contribution in [0.5, 0.6) is 5.75 Å². The Labute approximate surface area is 208 Å². The first-order valence-corrected chi connectivity index (χ1v) is 11.7. The van der Waals surface area contributed by atoms with Crippen molar-refractivity contribution in [3.05, 3.63) is 69.3 Å². The van der Waals surface area contributed by atoms with Crippen LogP contribution in [-0.2, 0) is 16.1 Å². The molecule has 1 aliphatic heterocycles. The molecular weight excluding hydrogens is 470 g/mol. The van der Waals surface area contributed by atoms with Gasteiger partial charge in [0.1, 0.15) is 25.4 Å². The average molecular weight is 500 g/mol. The van der Waals surface area contributed by atoms with E-state index < -0.39 is 28.1 Å². The number of nitro groups is 1. The molecular formula is C25H29N3O8. The predicted octanol–water partition coefficient (Wildman–Crippen LogP) is 1.39. The molecule has 2 aromatic carbocycles. The number of aromatic carboxylic acids is 1. The summed E-state index contributed by atoms with van der Waals surface area (Å²) in [5, 5.41) is 22.3. The minimum atomic E-state index is -1.70. The smallest absolute Gasteiger partial charge is 0.343 e. The van der Waals surface area contributed by atoms with E-state index in [0.29, 0.717) is 57.0 Å². The fourth-order valence-corrected chi connectivity index (χ4v) is 4.24. The van der Waals surface area contributed by atoms with Crippen LogP contribution in [0.2, 0.25) is 0 Å². The van der Waals surface area contributed by atoms with Gasteiger partial charge in [-0.3, -0.25) is 14.9 Å². The number of quaternary nitrogens is 1. The number of likely N-dealkylation sites (N-methyl/N-ethyl adjacent to an activating group) is 1. The highest BCUT2D eigenvalue weighted by Crippen LogP contribution is 2.25. The van der Waals surface area contributed by atoms with Gasteiger partial charge >= 0.3 is 5.97 Å². The molecule has 3 rings (SSSR count). The Balaban J connectivity index is 1.74. The van der Waals surface area contributed by atoms with Crippen molar-refractivity contribution in [2.45, 2.75) is 20.4 Å².